The molecule has 4 heteroatoms. The summed E-state index contributed by atoms with van der Waals surface area (Å²) in [6.45, 7) is 6.34. The van der Waals surface area contributed by atoms with E-state index >= 15 is 0 Å². The van der Waals surface area contributed by atoms with Crippen molar-refractivity contribution >= 4 is 5.95 Å². The highest BCUT2D eigenvalue weighted by Gasteiger charge is 2.37. The summed E-state index contributed by atoms with van der Waals surface area (Å²) in [5.74, 6) is 3.58. The maximum Gasteiger partial charge on any atom is 0.223 e. The highest BCUT2D eigenvalue weighted by molar-refractivity contribution is 5.21. The number of nitrogens with zero attached hydrogens (tertiary/aromatic N) is 3. The lowest BCUT2D eigenvalue weighted by Gasteiger charge is -2.06. The first-order valence-electron chi connectivity index (χ1n) is 5.09. The highest BCUT2D eigenvalue weighted by atomic mass is 15.1. The van der Waals surface area contributed by atoms with Crippen LogP contribution in [0.3, 0.4) is 0 Å². The Bertz CT molecular complexity index is 348. The van der Waals surface area contributed by atoms with Gasteiger partial charge in [-0.3, -0.25) is 0 Å². The molecule has 1 heterocycles. The Kier molecular flexibility index (Phi) is 2.13. The van der Waals surface area contributed by atoms with E-state index in [-0.39, 0.29) is 0 Å². The summed E-state index contributed by atoms with van der Waals surface area (Å²) in [6.07, 6.45) is 1.18. The van der Waals surface area contributed by atoms with Gasteiger partial charge in [-0.05, 0) is 12.3 Å². The Morgan fingerprint density at radius 2 is 1.93 bits per heavy atom. The molecule has 76 valence electrons. The van der Waals surface area contributed by atoms with Gasteiger partial charge in [0.25, 0.3) is 0 Å². The smallest absolute Gasteiger partial charge is 0.223 e. The van der Waals surface area contributed by atoms with Gasteiger partial charge in [0.2, 0.25) is 5.95 Å². The molecule has 1 aromatic rings. The number of hydrogen-bond donors (Lipinski definition) is 1. The van der Waals surface area contributed by atoms with Crippen LogP contribution in [0.25, 0.3) is 0 Å². The standard InChI is InChI=1S/C10H16N4/c1-5(2)8-12-9(7-4-6(7)3)14-10(11)13-8/h5-7H,4H2,1-3H3,(H2,11,12,13,14). The molecule has 1 aromatic heterocycles. The molecular weight excluding hydrogens is 176 g/mol. The molecule has 2 rings (SSSR count). The van der Waals surface area contributed by atoms with Crippen LogP contribution >= 0.6 is 0 Å². The Hall–Kier alpha value is -1.19. The van der Waals surface area contributed by atoms with Crippen molar-refractivity contribution in [1.82, 2.24) is 15.0 Å². The van der Waals surface area contributed by atoms with Crippen molar-refractivity contribution < 1.29 is 0 Å². The van der Waals surface area contributed by atoms with Crippen LogP contribution in [-0.4, -0.2) is 15.0 Å². The second kappa shape index (κ2) is 3.19. The van der Waals surface area contributed by atoms with Crippen molar-refractivity contribution in [3.63, 3.8) is 0 Å². The van der Waals surface area contributed by atoms with E-state index in [0.717, 1.165) is 11.6 Å². The molecule has 0 amide bonds. The van der Waals surface area contributed by atoms with Gasteiger partial charge in [-0.25, -0.2) is 4.98 Å². The summed E-state index contributed by atoms with van der Waals surface area (Å²) in [6, 6.07) is 0. The van der Waals surface area contributed by atoms with E-state index in [1.165, 1.54) is 6.42 Å². The number of nitrogens with two attached hydrogens (primary N) is 1. The predicted molar refractivity (Wildman–Crippen MR) is 54.9 cm³/mol. The van der Waals surface area contributed by atoms with E-state index in [1.807, 2.05) is 0 Å². The molecule has 2 atom stereocenters. The molecule has 0 saturated heterocycles. The molecule has 1 aliphatic rings. The van der Waals surface area contributed by atoms with Gasteiger partial charge in [-0.2, -0.15) is 9.97 Å². The number of anilines is 1. The lowest BCUT2D eigenvalue weighted by atomic mass is 10.2. The Balaban J connectivity index is 2.32. The number of nitrogen functional groups attached to an aromatic ring is 1. The van der Waals surface area contributed by atoms with Crippen molar-refractivity contribution in [3.05, 3.63) is 11.6 Å². The minimum atomic E-state index is 0.313. The second-order valence-corrected chi connectivity index (χ2v) is 4.38. The van der Waals surface area contributed by atoms with Crippen molar-refractivity contribution in [2.24, 2.45) is 5.92 Å². The Morgan fingerprint density at radius 1 is 1.29 bits per heavy atom. The Morgan fingerprint density at radius 3 is 2.43 bits per heavy atom. The molecule has 0 aromatic carbocycles. The summed E-state index contributed by atoms with van der Waals surface area (Å²) in [7, 11) is 0. The fraction of sp³-hybridized carbons (Fsp3) is 0.700. The Labute approximate surface area is 84.0 Å². The third-order valence-electron chi connectivity index (χ3n) is 2.64. The van der Waals surface area contributed by atoms with Gasteiger partial charge < -0.3 is 5.73 Å². The van der Waals surface area contributed by atoms with E-state index in [2.05, 4.69) is 35.7 Å². The zero-order valence-corrected chi connectivity index (χ0v) is 8.86. The van der Waals surface area contributed by atoms with Crippen LogP contribution < -0.4 is 5.73 Å². The predicted octanol–water partition coefficient (Wildman–Crippen LogP) is 1.70. The first kappa shape index (κ1) is 9.37. The fourth-order valence-electron chi connectivity index (χ4n) is 1.53. The average Bonchev–Trinajstić information content (AvgIpc) is 2.81. The molecule has 4 nitrogen and oxygen atoms in total. The van der Waals surface area contributed by atoms with Crippen LogP contribution in [0.4, 0.5) is 5.95 Å². The van der Waals surface area contributed by atoms with Crippen LogP contribution in [0.5, 0.6) is 0 Å². The van der Waals surface area contributed by atoms with Crippen molar-refractivity contribution in [1.29, 1.82) is 0 Å². The minimum Gasteiger partial charge on any atom is -0.368 e. The highest BCUT2D eigenvalue weighted by Crippen LogP contribution is 2.45. The van der Waals surface area contributed by atoms with Crippen LogP contribution in [0.2, 0.25) is 0 Å². The quantitative estimate of drug-likeness (QED) is 0.774. The SMILES string of the molecule is CC(C)c1nc(N)nc(C2CC2C)n1. The van der Waals surface area contributed by atoms with Crippen molar-refractivity contribution in [2.45, 2.75) is 39.0 Å². The van der Waals surface area contributed by atoms with Gasteiger partial charge in [0.15, 0.2) is 0 Å². The van der Waals surface area contributed by atoms with Gasteiger partial charge in [-0.1, -0.05) is 20.8 Å². The van der Waals surface area contributed by atoms with Crippen LogP contribution in [0.1, 0.15) is 50.7 Å². The van der Waals surface area contributed by atoms with E-state index in [0.29, 0.717) is 23.7 Å². The van der Waals surface area contributed by atoms with Crippen LogP contribution in [-0.2, 0) is 0 Å². The fourth-order valence-corrected chi connectivity index (χ4v) is 1.53. The molecular formula is C10H16N4. The molecule has 1 fully saturated rings. The molecule has 14 heavy (non-hydrogen) atoms. The van der Waals surface area contributed by atoms with Crippen LogP contribution in [0.15, 0.2) is 0 Å². The molecule has 0 spiro atoms. The number of rotatable bonds is 2. The zero-order valence-electron chi connectivity index (χ0n) is 8.86. The van der Waals surface area contributed by atoms with Crippen molar-refractivity contribution in [2.75, 3.05) is 5.73 Å². The van der Waals surface area contributed by atoms with Gasteiger partial charge in [0.1, 0.15) is 11.6 Å². The lowest BCUT2D eigenvalue weighted by molar-refractivity contribution is 0.726. The van der Waals surface area contributed by atoms with E-state index in [4.69, 9.17) is 5.73 Å². The first-order valence-corrected chi connectivity index (χ1v) is 5.09. The summed E-state index contributed by atoms with van der Waals surface area (Å²) < 4.78 is 0. The summed E-state index contributed by atoms with van der Waals surface area (Å²) in [5, 5.41) is 0. The summed E-state index contributed by atoms with van der Waals surface area (Å²) in [4.78, 5) is 12.8. The third kappa shape index (κ3) is 1.69. The van der Waals surface area contributed by atoms with Gasteiger partial charge in [0.05, 0.1) is 0 Å². The van der Waals surface area contributed by atoms with Crippen molar-refractivity contribution in [3.8, 4) is 0 Å². The maximum absolute atomic E-state index is 5.65. The first-order chi connectivity index (χ1) is 6.58. The molecule has 1 aliphatic carbocycles. The third-order valence-corrected chi connectivity index (χ3v) is 2.64. The number of hydrogen-bond acceptors (Lipinski definition) is 4. The summed E-state index contributed by atoms with van der Waals surface area (Å²) >= 11 is 0. The van der Waals surface area contributed by atoms with E-state index in [9.17, 15) is 0 Å². The maximum atomic E-state index is 5.65. The van der Waals surface area contributed by atoms with E-state index < -0.39 is 0 Å². The van der Waals surface area contributed by atoms with E-state index in [1.54, 1.807) is 0 Å². The van der Waals surface area contributed by atoms with Crippen LogP contribution in [0, 0.1) is 5.92 Å². The monoisotopic (exact) mass is 192 g/mol. The minimum absolute atomic E-state index is 0.313. The molecule has 1 saturated carbocycles. The molecule has 2 N–H and O–H groups in total. The van der Waals surface area contributed by atoms with Gasteiger partial charge in [-0.15, -0.1) is 0 Å². The lowest BCUT2D eigenvalue weighted by Crippen LogP contribution is -2.08. The second-order valence-electron chi connectivity index (χ2n) is 4.38. The van der Waals surface area contributed by atoms with Gasteiger partial charge in [0, 0.05) is 11.8 Å². The largest absolute Gasteiger partial charge is 0.368 e. The molecule has 2 unspecified atom stereocenters. The zero-order chi connectivity index (χ0) is 10.3. The number of aromatic nitrogens is 3. The normalized spacial score (nSPS) is 25.4. The molecule has 0 aliphatic heterocycles. The summed E-state index contributed by atoms with van der Waals surface area (Å²) in [5.41, 5.74) is 5.65. The van der Waals surface area contributed by atoms with Gasteiger partial charge >= 0.3 is 0 Å². The molecule has 0 bridgehead atoms. The molecule has 0 radical (unpaired) electrons. The topological polar surface area (TPSA) is 64.7 Å². The average molecular weight is 192 g/mol.